The second-order valence-corrected chi connectivity index (χ2v) is 5.12. The first-order chi connectivity index (χ1) is 9.21. The fourth-order valence-electron chi connectivity index (χ4n) is 2.61. The molecular formula is C15H24N2O2. The van der Waals surface area contributed by atoms with Crippen LogP contribution in [0.4, 0.5) is 0 Å². The van der Waals surface area contributed by atoms with Gasteiger partial charge >= 0.3 is 0 Å². The van der Waals surface area contributed by atoms with Gasteiger partial charge in [0.15, 0.2) is 0 Å². The van der Waals surface area contributed by atoms with Gasteiger partial charge in [-0.25, -0.2) is 0 Å². The molecule has 1 fully saturated rings. The molecule has 0 radical (unpaired) electrons. The monoisotopic (exact) mass is 264 g/mol. The number of methoxy groups -OCH3 is 1. The molecular weight excluding hydrogens is 240 g/mol. The van der Waals surface area contributed by atoms with Gasteiger partial charge in [-0.05, 0) is 55.9 Å². The summed E-state index contributed by atoms with van der Waals surface area (Å²) >= 11 is 0. The molecule has 1 aromatic rings. The Morgan fingerprint density at radius 2 is 2.16 bits per heavy atom. The van der Waals surface area contributed by atoms with Crippen molar-refractivity contribution in [3.63, 3.8) is 0 Å². The summed E-state index contributed by atoms with van der Waals surface area (Å²) < 4.78 is 11.2. The standard InChI is InChI=1S/C15H24N2O2/c1-4-19-15(11-5-6-11)14(17-16)13-8-7-12(18-3)9-10(13)2/h7-9,11,14-15,17H,4-6,16H2,1-3H3. The van der Waals surface area contributed by atoms with Crippen LogP contribution in [-0.4, -0.2) is 19.8 Å². The first-order valence-electron chi connectivity index (χ1n) is 6.93. The summed E-state index contributed by atoms with van der Waals surface area (Å²) in [4.78, 5) is 0. The van der Waals surface area contributed by atoms with Crippen LogP contribution in [0.1, 0.15) is 36.9 Å². The maximum atomic E-state index is 5.91. The molecule has 0 spiro atoms. The first kappa shape index (κ1) is 14.3. The average Bonchev–Trinajstić information content (AvgIpc) is 3.24. The minimum Gasteiger partial charge on any atom is -0.497 e. The van der Waals surface area contributed by atoms with E-state index in [1.165, 1.54) is 24.0 Å². The van der Waals surface area contributed by atoms with Gasteiger partial charge in [0.2, 0.25) is 0 Å². The lowest BCUT2D eigenvalue weighted by atomic mass is 9.94. The maximum absolute atomic E-state index is 5.91. The topological polar surface area (TPSA) is 56.5 Å². The van der Waals surface area contributed by atoms with E-state index < -0.39 is 0 Å². The van der Waals surface area contributed by atoms with Crippen molar-refractivity contribution < 1.29 is 9.47 Å². The van der Waals surface area contributed by atoms with Gasteiger partial charge in [0.25, 0.3) is 0 Å². The molecule has 1 saturated carbocycles. The van der Waals surface area contributed by atoms with Crippen LogP contribution in [0.2, 0.25) is 0 Å². The summed E-state index contributed by atoms with van der Waals surface area (Å²) in [6, 6.07) is 6.13. The number of hydrazine groups is 1. The van der Waals surface area contributed by atoms with Crippen molar-refractivity contribution >= 4 is 0 Å². The largest absolute Gasteiger partial charge is 0.497 e. The molecule has 0 saturated heterocycles. The number of nitrogens with two attached hydrogens (primary N) is 1. The van der Waals surface area contributed by atoms with Gasteiger partial charge in [0, 0.05) is 6.61 Å². The van der Waals surface area contributed by atoms with Crippen molar-refractivity contribution in [3.05, 3.63) is 29.3 Å². The highest BCUT2D eigenvalue weighted by molar-refractivity contribution is 5.37. The summed E-state index contributed by atoms with van der Waals surface area (Å²) in [5.74, 6) is 7.28. The molecule has 0 heterocycles. The Kier molecular flexibility index (Phi) is 4.80. The van der Waals surface area contributed by atoms with Gasteiger partial charge in [-0.2, -0.15) is 0 Å². The molecule has 4 nitrogen and oxygen atoms in total. The molecule has 19 heavy (non-hydrogen) atoms. The van der Waals surface area contributed by atoms with E-state index in [1.807, 2.05) is 19.1 Å². The molecule has 4 heteroatoms. The normalized spacial score (nSPS) is 18.1. The highest BCUT2D eigenvalue weighted by Crippen LogP contribution is 2.40. The van der Waals surface area contributed by atoms with Crippen LogP contribution in [0.5, 0.6) is 5.75 Å². The Labute approximate surface area is 115 Å². The van der Waals surface area contributed by atoms with Gasteiger partial charge in [0.1, 0.15) is 5.75 Å². The molecule has 2 rings (SSSR count). The molecule has 1 aromatic carbocycles. The second kappa shape index (κ2) is 6.37. The SMILES string of the molecule is CCOC(C1CC1)C(NN)c1ccc(OC)cc1C. The number of rotatable bonds is 7. The number of hydrogen-bond donors (Lipinski definition) is 2. The molecule has 1 aliphatic rings. The van der Waals surface area contributed by atoms with Crippen LogP contribution in [0.15, 0.2) is 18.2 Å². The second-order valence-electron chi connectivity index (χ2n) is 5.12. The van der Waals surface area contributed by atoms with Crippen LogP contribution in [-0.2, 0) is 4.74 Å². The Morgan fingerprint density at radius 3 is 2.63 bits per heavy atom. The predicted octanol–water partition coefficient (Wildman–Crippen LogP) is 2.32. The number of benzene rings is 1. The van der Waals surface area contributed by atoms with E-state index in [1.54, 1.807) is 7.11 Å². The summed E-state index contributed by atoms with van der Waals surface area (Å²) in [7, 11) is 1.68. The molecule has 2 unspecified atom stereocenters. The molecule has 0 aromatic heterocycles. The third-order valence-corrected chi connectivity index (χ3v) is 3.77. The van der Waals surface area contributed by atoms with Gasteiger partial charge in [-0.3, -0.25) is 11.3 Å². The smallest absolute Gasteiger partial charge is 0.119 e. The zero-order valence-electron chi connectivity index (χ0n) is 12.0. The van der Waals surface area contributed by atoms with Gasteiger partial charge in [-0.15, -0.1) is 0 Å². The van der Waals surface area contributed by atoms with Crippen LogP contribution >= 0.6 is 0 Å². The van der Waals surface area contributed by atoms with Gasteiger partial charge in [0.05, 0.1) is 19.3 Å². The van der Waals surface area contributed by atoms with Crippen LogP contribution < -0.4 is 16.0 Å². The Bertz CT molecular complexity index is 419. The van der Waals surface area contributed by atoms with Crippen LogP contribution in [0.25, 0.3) is 0 Å². The lowest BCUT2D eigenvalue weighted by molar-refractivity contribution is 0.0184. The summed E-state index contributed by atoms with van der Waals surface area (Å²) in [6.07, 6.45) is 2.62. The molecule has 3 N–H and O–H groups in total. The fourth-order valence-corrected chi connectivity index (χ4v) is 2.61. The van der Waals surface area contributed by atoms with E-state index in [0.717, 1.165) is 5.75 Å². The molecule has 0 amide bonds. The van der Waals surface area contributed by atoms with Gasteiger partial charge in [-0.1, -0.05) is 6.07 Å². The first-order valence-corrected chi connectivity index (χ1v) is 6.93. The number of hydrogen-bond acceptors (Lipinski definition) is 4. The lowest BCUT2D eigenvalue weighted by Crippen LogP contribution is -2.39. The van der Waals surface area contributed by atoms with Crippen molar-refractivity contribution in [2.45, 2.75) is 38.8 Å². The average molecular weight is 264 g/mol. The van der Waals surface area contributed by atoms with E-state index in [0.29, 0.717) is 12.5 Å². The highest BCUT2D eigenvalue weighted by Gasteiger charge is 2.38. The Hall–Kier alpha value is -1.10. The summed E-state index contributed by atoms with van der Waals surface area (Å²) in [5, 5.41) is 0. The summed E-state index contributed by atoms with van der Waals surface area (Å²) in [5.41, 5.74) is 5.30. The predicted molar refractivity (Wildman–Crippen MR) is 75.9 cm³/mol. The fraction of sp³-hybridized carbons (Fsp3) is 0.600. The van der Waals surface area contributed by atoms with E-state index in [-0.39, 0.29) is 12.1 Å². The summed E-state index contributed by atoms with van der Waals surface area (Å²) in [6.45, 7) is 4.83. The van der Waals surface area contributed by atoms with Crippen molar-refractivity contribution in [3.8, 4) is 5.75 Å². The molecule has 106 valence electrons. The van der Waals surface area contributed by atoms with E-state index >= 15 is 0 Å². The molecule has 2 atom stereocenters. The van der Waals surface area contributed by atoms with Gasteiger partial charge < -0.3 is 9.47 Å². The number of nitrogens with one attached hydrogen (secondary N) is 1. The third-order valence-electron chi connectivity index (χ3n) is 3.77. The molecule has 0 bridgehead atoms. The van der Waals surface area contributed by atoms with E-state index in [4.69, 9.17) is 15.3 Å². The number of aryl methyl sites for hydroxylation is 1. The van der Waals surface area contributed by atoms with E-state index in [2.05, 4.69) is 18.4 Å². The Morgan fingerprint density at radius 1 is 1.42 bits per heavy atom. The quantitative estimate of drug-likeness (QED) is 0.586. The third kappa shape index (κ3) is 3.26. The van der Waals surface area contributed by atoms with Crippen molar-refractivity contribution in [2.24, 2.45) is 11.8 Å². The highest BCUT2D eigenvalue weighted by atomic mass is 16.5. The van der Waals surface area contributed by atoms with E-state index in [9.17, 15) is 0 Å². The molecule has 0 aliphatic heterocycles. The maximum Gasteiger partial charge on any atom is 0.119 e. The zero-order chi connectivity index (χ0) is 13.8. The van der Waals surface area contributed by atoms with Crippen LogP contribution in [0, 0.1) is 12.8 Å². The minimum atomic E-state index is 0.0401. The Balaban J connectivity index is 2.24. The molecule has 1 aliphatic carbocycles. The zero-order valence-corrected chi connectivity index (χ0v) is 12.0. The lowest BCUT2D eigenvalue weighted by Gasteiger charge is -2.28. The number of ether oxygens (including phenoxy) is 2. The minimum absolute atomic E-state index is 0.0401. The van der Waals surface area contributed by atoms with Crippen LogP contribution in [0.3, 0.4) is 0 Å². The van der Waals surface area contributed by atoms with Crippen molar-refractivity contribution in [1.82, 2.24) is 5.43 Å². The van der Waals surface area contributed by atoms with Crippen molar-refractivity contribution in [2.75, 3.05) is 13.7 Å². The van der Waals surface area contributed by atoms with Crippen molar-refractivity contribution in [1.29, 1.82) is 0 Å².